The fraction of sp³-hybridized carbons (Fsp3) is 0.543. The average Bonchev–Trinajstić information content (AvgIpc) is 3.39. The Morgan fingerprint density at radius 1 is 0.584 bits per heavy atom. The van der Waals surface area contributed by atoms with E-state index in [0.717, 1.165) is 0 Å². The van der Waals surface area contributed by atoms with Crippen LogP contribution >= 0.6 is 69.9 Å². The summed E-state index contributed by atoms with van der Waals surface area (Å²) in [6.07, 6.45) is 1.48. The minimum atomic E-state index is -4.92. The van der Waals surface area contributed by atoms with Gasteiger partial charge in [0.1, 0.15) is 21.5 Å². The number of phosphoric ester groups is 3. The topological polar surface area (TPSA) is 337 Å². The first-order valence-corrected chi connectivity index (χ1v) is 29.8. The minimum Gasteiger partial charge on any atom is -0.482 e. The van der Waals surface area contributed by atoms with Crippen molar-refractivity contribution >= 4 is 99.2 Å². The molecule has 0 aliphatic rings. The van der Waals surface area contributed by atoms with Gasteiger partial charge >= 0.3 is 23.5 Å². The highest BCUT2D eigenvalue weighted by Crippen LogP contribution is 2.46. The van der Waals surface area contributed by atoms with Crippen molar-refractivity contribution in [3.05, 3.63) is 79.8 Å². The first-order chi connectivity index (χ1) is 36.3. The molecule has 31 heteroatoms. The third-order valence-corrected chi connectivity index (χ3v) is 15.0. The number of aliphatic hydroxyl groups excluding tert-OH is 1. The second-order valence-corrected chi connectivity index (χ2v) is 22.1. The van der Waals surface area contributed by atoms with Crippen molar-refractivity contribution in [2.75, 3.05) is 85.8 Å². The molecule has 3 amide bonds. The van der Waals surface area contributed by atoms with Crippen LogP contribution < -0.4 is 25.4 Å². The van der Waals surface area contributed by atoms with Crippen LogP contribution in [0.1, 0.15) is 86.4 Å². The number of allylic oxidation sites excluding steroid dienone is 2. The zero-order chi connectivity index (χ0) is 57.8. The smallest absolute Gasteiger partial charge is 0.472 e. The van der Waals surface area contributed by atoms with E-state index in [-0.39, 0.29) is 94.3 Å². The first kappa shape index (κ1) is 69.8. The van der Waals surface area contributed by atoms with Gasteiger partial charge in [0.05, 0.1) is 62.3 Å². The maximum Gasteiger partial charge on any atom is 0.472 e. The van der Waals surface area contributed by atoms with Crippen molar-refractivity contribution in [2.24, 2.45) is 5.92 Å². The van der Waals surface area contributed by atoms with Gasteiger partial charge in [-0.25, -0.2) is 13.7 Å². The van der Waals surface area contributed by atoms with Crippen molar-refractivity contribution in [1.29, 1.82) is 0 Å². The molecular formula is C46H66Cl4N3O21P3. The molecule has 2 rings (SSSR count). The van der Waals surface area contributed by atoms with Crippen molar-refractivity contribution in [1.82, 2.24) is 16.0 Å². The van der Waals surface area contributed by atoms with Crippen molar-refractivity contribution < 1.29 is 98.8 Å². The molecule has 0 aliphatic heterocycles. The van der Waals surface area contributed by atoms with Gasteiger partial charge in [-0.05, 0) is 74.4 Å². The van der Waals surface area contributed by atoms with Gasteiger partial charge in [-0.3, -0.25) is 51.1 Å². The molecule has 0 fully saturated rings. The lowest BCUT2D eigenvalue weighted by molar-refractivity contribution is -0.124. The van der Waals surface area contributed by atoms with Gasteiger partial charge in [0, 0.05) is 49.8 Å². The molecule has 0 heterocycles. The summed E-state index contributed by atoms with van der Waals surface area (Å²) >= 11 is 25.0. The molecule has 5 unspecified atom stereocenters. The van der Waals surface area contributed by atoms with E-state index < -0.39 is 105 Å². The number of aliphatic hydroxyl groups is 1. The standard InChI is InChI=1S/C46H66Cl4N3O21P3/c1-6-30(4)45(58)34-13-15-36(43(49)41(34)47)67-28-39(56)51-18-10-9-12-32(24-54)25-72-75(60,61)69-20-11-21-70-76(62,63)73-26-33(27-74-77(64,65)71-23-22-66-8-3)53-38(55)17-19-52-40(57)29-68-37-16-14-35(42(48)44(37)50)46(59)31(5)7-2/h13-16,32-33,54H,4-12,17-29H2,1-3H3,(H,51,56)(H,52,57)(H,53,55)(H,60,61)(H,62,63)(H,64,65). The van der Waals surface area contributed by atoms with Gasteiger partial charge in [0.2, 0.25) is 5.91 Å². The molecule has 0 aliphatic carbocycles. The van der Waals surface area contributed by atoms with Crippen LogP contribution in [0.2, 0.25) is 20.1 Å². The van der Waals surface area contributed by atoms with E-state index in [1.807, 2.05) is 0 Å². The largest absolute Gasteiger partial charge is 0.482 e. The Balaban J connectivity index is 1.78. The summed E-state index contributed by atoms with van der Waals surface area (Å²) in [7, 11) is -14.3. The number of benzene rings is 2. The number of carbonyl (C=O) groups excluding carboxylic acids is 5. The van der Waals surface area contributed by atoms with Crippen LogP contribution in [0.4, 0.5) is 0 Å². The van der Waals surface area contributed by atoms with Crippen molar-refractivity contribution in [3.8, 4) is 11.5 Å². The molecule has 2 aromatic rings. The summed E-state index contributed by atoms with van der Waals surface area (Å²) < 4.78 is 83.1. The van der Waals surface area contributed by atoms with E-state index in [2.05, 4.69) is 29.1 Å². The second-order valence-electron chi connectivity index (χ2n) is 16.2. The number of hydrogen-bond donors (Lipinski definition) is 7. The van der Waals surface area contributed by atoms with Gasteiger partial charge in [0.15, 0.2) is 24.8 Å². The van der Waals surface area contributed by atoms with E-state index in [4.69, 9.17) is 87.8 Å². The summed E-state index contributed by atoms with van der Waals surface area (Å²) in [6.45, 7) is 8.12. The van der Waals surface area contributed by atoms with E-state index in [1.54, 1.807) is 20.8 Å². The maximum atomic E-state index is 12.8. The number of nitrogens with one attached hydrogen (secondary N) is 3. The maximum absolute atomic E-state index is 12.8. The highest BCUT2D eigenvalue weighted by molar-refractivity contribution is 7.48. The SMILES string of the molecule is C=C(CC)C(=O)c1ccc(OCC(=O)NCCCCC(CO)COP(=O)(O)OCCCOP(=O)(O)OCC(COP(=O)(O)OCCOCC)NC(=O)CCNC(=O)COc2ccc(C(=O)C(=C)CC)c(Cl)c2Cl)c(Cl)c1Cl. The number of halogens is 4. The van der Waals surface area contributed by atoms with Crippen LogP contribution in [0.3, 0.4) is 0 Å². The first-order valence-electron chi connectivity index (χ1n) is 23.8. The van der Waals surface area contributed by atoms with Crippen LogP contribution in [0.25, 0.3) is 0 Å². The van der Waals surface area contributed by atoms with Crippen LogP contribution in [0.5, 0.6) is 11.5 Å². The lowest BCUT2D eigenvalue weighted by Gasteiger charge is -2.22. The van der Waals surface area contributed by atoms with Gasteiger partial charge in [-0.2, -0.15) is 0 Å². The predicted molar refractivity (Wildman–Crippen MR) is 285 cm³/mol. The van der Waals surface area contributed by atoms with E-state index in [9.17, 15) is 57.5 Å². The number of ketones is 2. The lowest BCUT2D eigenvalue weighted by Crippen LogP contribution is -2.42. The summed E-state index contributed by atoms with van der Waals surface area (Å²) in [5, 5.41) is 17.0. The molecule has 0 bridgehead atoms. The van der Waals surface area contributed by atoms with Gasteiger partial charge < -0.3 is 49.9 Å². The van der Waals surface area contributed by atoms with E-state index in [0.29, 0.717) is 49.9 Å². The zero-order valence-electron chi connectivity index (χ0n) is 42.6. The Hall–Kier alpha value is -3.32. The number of unbranched alkanes of at least 4 members (excludes halogenated alkanes) is 1. The predicted octanol–water partition coefficient (Wildman–Crippen LogP) is 7.77. The molecule has 77 heavy (non-hydrogen) atoms. The van der Waals surface area contributed by atoms with Gasteiger partial charge in [-0.1, -0.05) is 79.8 Å². The Kier molecular flexibility index (Phi) is 32.7. The molecule has 0 spiro atoms. The Morgan fingerprint density at radius 3 is 1.49 bits per heavy atom. The van der Waals surface area contributed by atoms with Crippen LogP contribution in [-0.2, 0) is 60.0 Å². The third-order valence-electron chi connectivity index (χ3n) is 10.3. The Morgan fingerprint density at radius 2 is 1.04 bits per heavy atom. The average molecular weight is 1230 g/mol. The van der Waals surface area contributed by atoms with Crippen LogP contribution in [0, 0.1) is 5.92 Å². The number of carbonyl (C=O) groups is 5. The highest BCUT2D eigenvalue weighted by atomic mass is 35.5. The minimum absolute atomic E-state index is 0.00368. The van der Waals surface area contributed by atoms with Gasteiger partial charge in [-0.15, -0.1) is 0 Å². The summed E-state index contributed by atoms with van der Waals surface area (Å²) in [5.74, 6) is -3.17. The molecule has 5 atom stereocenters. The molecule has 0 saturated carbocycles. The van der Waals surface area contributed by atoms with E-state index in [1.165, 1.54) is 24.3 Å². The molecule has 7 N–H and O–H groups in total. The normalized spacial score (nSPS) is 14.5. The lowest BCUT2D eigenvalue weighted by atomic mass is 10.0. The highest BCUT2D eigenvalue weighted by Gasteiger charge is 2.29. The quantitative estimate of drug-likeness (QED) is 0.0144. The van der Waals surface area contributed by atoms with Crippen molar-refractivity contribution in [2.45, 2.75) is 71.8 Å². The number of phosphoric acid groups is 3. The molecule has 434 valence electrons. The van der Waals surface area contributed by atoms with Crippen LogP contribution in [0.15, 0.2) is 48.6 Å². The molecule has 2 aromatic carbocycles. The fourth-order valence-electron chi connectivity index (χ4n) is 5.94. The fourth-order valence-corrected chi connectivity index (χ4v) is 9.25. The molecule has 0 aromatic heterocycles. The van der Waals surface area contributed by atoms with E-state index >= 15 is 0 Å². The number of ether oxygens (including phenoxy) is 3. The summed E-state index contributed by atoms with van der Waals surface area (Å²) in [4.78, 5) is 93.2. The molecule has 0 saturated heterocycles. The monoisotopic (exact) mass is 1230 g/mol. The second kappa shape index (κ2) is 36.1. The summed E-state index contributed by atoms with van der Waals surface area (Å²) in [6, 6.07) is 4.21. The zero-order valence-corrected chi connectivity index (χ0v) is 48.3. The number of Topliss-reactive ketones (excluding diaryl/α,β-unsaturated/α-hetero) is 2. The van der Waals surface area contributed by atoms with Gasteiger partial charge in [0.25, 0.3) is 11.8 Å². The van der Waals surface area contributed by atoms with Crippen LogP contribution in [-0.4, -0.2) is 141 Å². The summed E-state index contributed by atoms with van der Waals surface area (Å²) in [5.41, 5.74) is 0.931. The molecule has 0 radical (unpaired) electrons. The number of amides is 3. The Labute approximate surface area is 466 Å². The number of hydrogen-bond acceptors (Lipinski definition) is 18. The van der Waals surface area contributed by atoms with Crippen molar-refractivity contribution in [3.63, 3.8) is 0 Å². The number of rotatable bonds is 42. The Bertz CT molecular complexity index is 2470. The third kappa shape index (κ3) is 27.1. The molecule has 24 nitrogen and oxygen atoms in total. The molecular weight excluding hydrogens is 1170 g/mol.